The first-order chi connectivity index (χ1) is 7.53. The predicted octanol–water partition coefficient (Wildman–Crippen LogP) is -0.986. The van der Waals surface area contributed by atoms with Crippen LogP contribution in [0.25, 0.3) is 0 Å². The van der Waals surface area contributed by atoms with Gasteiger partial charge in [-0.3, -0.25) is 4.79 Å². The maximum absolute atomic E-state index is 10.6. The number of carboxylic acid groups (broad SMARTS) is 1. The summed E-state index contributed by atoms with van der Waals surface area (Å²) in [6.45, 7) is 0. The zero-order valence-corrected chi connectivity index (χ0v) is 8.71. The largest absolute Gasteiger partial charge is 0.480 e. The molecular weight excluding hydrogens is 208 g/mol. The van der Waals surface area contributed by atoms with Gasteiger partial charge in [-0.1, -0.05) is 23.7 Å². The second kappa shape index (κ2) is 5.34. The lowest BCUT2D eigenvalue weighted by Crippen LogP contribution is -2.36. The zero-order valence-electron chi connectivity index (χ0n) is 8.71. The second-order valence-electron chi connectivity index (χ2n) is 3.88. The summed E-state index contributed by atoms with van der Waals surface area (Å²) in [5, 5.41) is 25.9. The lowest BCUT2D eigenvalue weighted by atomic mass is 9.56. The van der Waals surface area contributed by atoms with E-state index >= 15 is 0 Å². The summed E-state index contributed by atoms with van der Waals surface area (Å²) in [6.07, 6.45) is 5.50. The highest BCUT2D eigenvalue weighted by Gasteiger charge is 2.33. The van der Waals surface area contributed by atoms with Gasteiger partial charge in [-0.05, 0) is 18.2 Å². The molecule has 2 atom stereocenters. The Morgan fingerprint density at radius 3 is 2.69 bits per heavy atom. The Morgan fingerprint density at radius 1 is 1.62 bits per heavy atom. The maximum atomic E-state index is 10.6. The van der Waals surface area contributed by atoms with Gasteiger partial charge in [0, 0.05) is 0 Å². The van der Waals surface area contributed by atoms with E-state index in [0.717, 1.165) is 15.0 Å². The highest BCUT2D eigenvalue weighted by molar-refractivity contribution is 6.38. The number of hydrogen-bond acceptors (Lipinski definition) is 4. The molecule has 0 heterocycles. The van der Waals surface area contributed by atoms with Crippen LogP contribution in [0.3, 0.4) is 0 Å². The van der Waals surface area contributed by atoms with Gasteiger partial charge in [-0.25, -0.2) is 0 Å². The summed E-state index contributed by atoms with van der Waals surface area (Å²) in [5.41, 5.74) is 6.06. The molecule has 0 bridgehead atoms. The van der Waals surface area contributed by atoms with Crippen LogP contribution in [-0.2, 0) is 4.79 Å². The molecule has 16 heavy (non-hydrogen) atoms. The molecule has 7 heteroatoms. The SMILES string of the molecule is NC(CC1([B]O)C=CC([B]O)=CC1)C(=O)O. The van der Waals surface area contributed by atoms with Crippen LogP contribution in [0.4, 0.5) is 0 Å². The normalized spacial score (nSPS) is 25.8. The van der Waals surface area contributed by atoms with Crippen LogP contribution < -0.4 is 5.73 Å². The highest BCUT2D eigenvalue weighted by Crippen LogP contribution is 2.39. The molecule has 5 nitrogen and oxygen atoms in total. The van der Waals surface area contributed by atoms with Crippen molar-refractivity contribution in [2.24, 2.45) is 5.73 Å². The van der Waals surface area contributed by atoms with Crippen LogP contribution in [-0.4, -0.2) is 42.1 Å². The van der Waals surface area contributed by atoms with Crippen LogP contribution in [0.5, 0.6) is 0 Å². The lowest BCUT2D eigenvalue weighted by Gasteiger charge is -2.30. The summed E-state index contributed by atoms with van der Waals surface area (Å²) >= 11 is 0. The minimum atomic E-state index is -1.10. The van der Waals surface area contributed by atoms with E-state index in [4.69, 9.17) is 15.9 Å². The number of aliphatic carboxylic acids is 1. The Labute approximate surface area is 95.2 Å². The van der Waals surface area contributed by atoms with Gasteiger partial charge >= 0.3 is 13.5 Å². The average Bonchev–Trinajstić information content (AvgIpc) is 2.29. The van der Waals surface area contributed by atoms with E-state index in [0.29, 0.717) is 11.9 Å². The Morgan fingerprint density at radius 2 is 2.31 bits per heavy atom. The lowest BCUT2D eigenvalue weighted by molar-refractivity contribution is -0.138. The van der Waals surface area contributed by atoms with E-state index in [-0.39, 0.29) is 6.42 Å². The van der Waals surface area contributed by atoms with Gasteiger partial charge < -0.3 is 20.9 Å². The van der Waals surface area contributed by atoms with Crippen molar-refractivity contribution in [3.63, 3.8) is 0 Å². The fraction of sp³-hybridized carbons (Fsp3) is 0.444. The monoisotopic (exact) mass is 221 g/mol. The standard InChI is InChI=1S/C9H13B2NO4/c12-7(8(13)14)5-9(11-16)3-1-6(10-15)2-4-9/h1-3,7,15-16H,4-5,12H2,(H,13,14). The quantitative estimate of drug-likeness (QED) is 0.446. The van der Waals surface area contributed by atoms with Crippen molar-refractivity contribution in [2.45, 2.75) is 24.2 Å². The van der Waals surface area contributed by atoms with Crippen molar-refractivity contribution in [3.8, 4) is 0 Å². The first kappa shape index (κ1) is 13.0. The fourth-order valence-corrected chi connectivity index (χ4v) is 1.60. The predicted molar refractivity (Wildman–Crippen MR) is 60.7 cm³/mol. The first-order valence-electron chi connectivity index (χ1n) is 4.87. The van der Waals surface area contributed by atoms with E-state index < -0.39 is 17.3 Å². The molecule has 0 saturated carbocycles. The van der Waals surface area contributed by atoms with Gasteiger partial charge in [0.1, 0.15) is 6.04 Å². The van der Waals surface area contributed by atoms with E-state index in [1.165, 1.54) is 0 Å². The zero-order chi connectivity index (χ0) is 12.2. The molecule has 0 fully saturated rings. The Bertz CT molecular complexity index is 331. The molecule has 0 aliphatic heterocycles. The molecule has 2 unspecified atom stereocenters. The van der Waals surface area contributed by atoms with Crippen LogP contribution in [0.15, 0.2) is 23.7 Å². The number of nitrogens with two attached hydrogens (primary N) is 1. The van der Waals surface area contributed by atoms with Crippen molar-refractivity contribution < 1.29 is 19.9 Å². The highest BCUT2D eigenvalue weighted by atomic mass is 16.4. The van der Waals surface area contributed by atoms with Crippen LogP contribution in [0.2, 0.25) is 5.31 Å². The molecule has 1 rings (SSSR count). The molecule has 5 N–H and O–H groups in total. The van der Waals surface area contributed by atoms with Gasteiger partial charge in [0.15, 0.2) is 0 Å². The maximum Gasteiger partial charge on any atom is 0.326 e. The van der Waals surface area contributed by atoms with Gasteiger partial charge in [0.05, 0.1) is 0 Å². The summed E-state index contributed by atoms with van der Waals surface area (Å²) in [6, 6.07) is -1.03. The van der Waals surface area contributed by atoms with E-state index in [2.05, 4.69) is 0 Å². The third kappa shape index (κ3) is 2.98. The molecule has 0 aromatic carbocycles. The van der Waals surface area contributed by atoms with E-state index in [9.17, 15) is 9.82 Å². The smallest absolute Gasteiger partial charge is 0.326 e. The molecule has 0 amide bonds. The van der Waals surface area contributed by atoms with E-state index in [1.54, 1.807) is 18.2 Å². The average molecular weight is 221 g/mol. The number of carbonyl (C=O) groups is 1. The Balaban J connectivity index is 2.72. The third-order valence-electron chi connectivity index (χ3n) is 2.65. The van der Waals surface area contributed by atoms with Crippen molar-refractivity contribution in [3.05, 3.63) is 23.7 Å². The molecule has 0 aromatic rings. The van der Waals surface area contributed by atoms with Crippen molar-refractivity contribution in [1.29, 1.82) is 0 Å². The summed E-state index contributed by atoms with van der Waals surface area (Å²) in [4.78, 5) is 10.6. The van der Waals surface area contributed by atoms with Crippen molar-refractivity contribution in [2.75, 3.05) is 0 Å². The Hall–Kier alpha value is -1.04. The fourth-order valence-electron chi connectivity index (χ4n) is 1.60. The first-order valence-corrected chi connectivity index (χ1v) is 4.87. The molecule has 0 saturated heterocycles. The van der Waals surface area contributed by atoms with Crippen LogP contribution in [0.1, 0.15) is 12.8 Å². The van der Waals surface area contributed by atoms with Crippen LogP contribution in [0, 0.1) is 0 Å². The third-order valence-corrected chi connectivity index (χ3v) is 2.65. The summed E-state index contributed by atoms with van der Waals surface area (Å²) < 4.78 is 0. The topological polar surface area (TPSA) is 104 Å². The minimum Gasteiger partial charge on any atom is -0.480 e. The van der Waals surface area contributed by atoms with Gasteiger partial charge in [0.2, 0.25) is 0 Å². The molecule has 0 spiro atoms. The summed E-state index contributed by atoms with van der Waals surface area (Å²) in [7, 11) is 1.91. The van der Waals surface area contributed by atoms with Gasteiger partial charge in [-0.15, -0.1) is 0 Å². The second-order valence-corrected chi connectivity index (χ2v) is 3.88. The number of allylic oxidation sites excluding steroid dienone is 4. The number of carboxylic acids is 1. The van der Waals surface area contributed by atoms with Crippen molar-refractivity contribution in [1.82, 2.24) is 0 Å². The van der Waals surface area contributed by atoms with Crippen molar-refractivity contribution >= 4 is 20.9 Å². The minimum absolute atomic E-state index is 0.116. The summed E-state index contributed by atoms with van der Waals surface area (Å²) in [5.74, 6) is -1.10. The molecule has 0 aromatic heterocycles. The molecule has 84 valence electrons. The molecular formula is C9H13B2NO4. The van der Waals surface area contributed by atoms with Gasteiger partial charge in [0.25, 0.3) is 7.48 Å². The molecule has 1 aliphatic rings. The number of rotatable bonds is 5. The van der Waals surface area contributed by atoms with Gasteiger partial charge in [-0.2, -0.15) is 0 Å². The van der Waals surface area contributed by atoms with E-state index in [1.807, 2.05) is 0 Å². The molecule has 1 aliphatic carbocycles. The van der Waals surface area contributed by atoms with Crippen LogP contribution >= 0.6 is 0 Å². The molecule has 2 radical (unpaired) electrons. The number of hydrogen-bond donors (Lipinski definition) is 4. The Kier molecular flexibility index (Phi) is 4.35.